The highest BCUT2D eigenvalue weighted by molar-refractivity contribution is 6.46. The van der Waals surface area contributed by atoms with Gasteiger partial charge in [0.2, 0.25) is 0 Å². The van der Waals surface area contributed by atoms with Crippen LogP contribution in [0.1, 0.15) is 11.3 Å². The van der Waals surface area contributed by atoms with E-state index in [4.69, 9.17) is 27.6 Å². The molecule has 4 rings (SSSR count). The minimum absolute atomic E-state index is 0.0113. The number of nitro groups is 1. The molecule has 0 atom stereocenters. The molecular weight excluding hydrogens is 473 g/mol. The molecule has 0 bridgehead atoms. The van der Waals surface area contributed by atoms with Gasteiger partial charge < -0.3 is 4.42 Å². The Labute approximate surface area is 196 Å². The van der Waals surface area contributed by atoms with Gasteiger partial charge in [-0.05, 0) is 37.3 Å². The molecule has 2 heterocycles. The van der Waals surface area contributed by atoms with Crippen LogP contribution in [0.25, 0.3) is 17.4 Å². The lowest BCUT2D eigenvalue weighted by atomic mass is 10.1. The standard InChI is InChI=1S/C22H13Cl2N3O6/c1-11-5-6-12(9-17(11)27(31)32)18-8-7-13(33-18)10-14-20(28)25-22(30)26(21(14)29)16-4-2-3-15(23)19(16)24/h2-10H,1H3,(H,25,28,30)/b14-10+. The molecule has 33 heavy (non-hydrogen) atoms. The van der Waals surface area contributed by atoms with Gasteiger partial charge in [-0.1, -0.05) is 41.4 Å². The number of furan rings is 1. The van der Waals surface area contributed by atoms with Crippen molar-refractivity contribution in [3.63, 3.8) is 0 Å². The number of rotatable bonds is 4. The molecule has 1 saturated heterocycles. The van der Waals surface area contributed by atoms with Crippen molar-refractivity contribution in [1.82, 2.24) is 5.32 Å². The molecule has 1 fully saturated rings. The monoisotopic (exact) mass is 485 g/mol. The maximum atomic E-state index is 13.0. The second kappa shape index (κ2) is 8.53. The largest absolute Gasteiger partial charge is 0.457 e. The molecule has 1 aromatic heterocycles. The molecule has 0 unspecified atom stereocenters. The summed E-state index contributed by atoms with van der Waals surface area (Å²) < 4.78 is 5.67. The number of urea groups is 1. The minimum Gasteiger partial charge on any atom is -0.457 e. The highest BCUT2D eigenvalue weighted by atomic mass is 35.5. The summed E-state index contributed by atoms with van der Waals surface area (Å²) in [4.78, 5) is 49.1. The lowest BCUT2D eigenvalue weighted by Crippen LogP contribution is -2.54. The number of barbiturate groups is 1. The third-order valence-electron chi connectivity index (χ3n) is 4.88. The predicted octanol–water partition coefficient (Wildman–Crippen LogP) is 5.14. The van der Waals surface area contributed by atoms with Gasteiger partial charge in [0, 0.05) is 17.2 Å². The predicted molar refractivity (Wildman–Crippen MR) is 121 cm³/mol. The Bertz CT molecular complexity index is 1380. The van der Waals surface area contributed by atoms with Crippen molar-refractivity contribution in [3.8, 4) is 11.3 Å². The quantitative estimate of drug-likeness (QED) is 0.236. The maximum absolute atomic E-state index is 13.0. The Morgan fingerprint density at radius 1 is 1.09 bits per heavy atom. The molecule has 11 heteroatoms. The fraction of sp³-hybridized carbons (Fsp3) is 0.0455. The molecule has 0 aliphatic carbocycles. The van der Waals surface area contributed by atoms with Crippen molar-refractivity contribution >= 4 is 58.5 Å². The minimum atomic E-state index is -0.974. The summed E-state index contributed by atoms with van der Waals surface area (Å²) in [5.74, 6) is -1.42. The number of nitrogens with one attached hydrogen (secondary N) is 1. The Morgan fingerprint density at radius 3 is 2.58 bits per heavy atom. The lowest BCUT2D eigenvalue weighted by Gasteiger charge is -2.27. The van der Waals surface area contributed by atoms with Gasteiger partial charge in [0.25, 0.3) is 17.5 Å². The number of carbonyl (C=O) groups excluding carboxylic acids is 3. The zero-order valence-electron chi connectivity index (χ0n) is 16.8. The molecule has 0 saturated carbocycles. The van der Waals surface area contributed by atoms with Gasteiger partial charge in [-0.25, -0.2) is 9.69 Å². The van der Waals surface area contributed by atoms with Gasteiger partial charge in [-0.15, -0.1) is 0 Å². The number of aryl methyl sites for hydroxylation is 1. The van der Waals surface area contributed by atoms with Crippen LogP contribution in [-0.2, 0) is 9.59 Å². The van der Waals surface area contributed by atoms with E-state index in [0.717, 1.165) is 0 Å². The number of anilines is 1. The normalized spacial score (nSPS) is 15.2. The highest BCUT2D eigenvalue weighted by Crippen LogP contribution is 2.35. The number of amides is 4. The van der Waals surface area contributed by atoms with E-state index in [1.54, 1.807) is 25.1 Å². The van der Waals surface area contributed by atoms with Crippen molar-refractivity contribution in [3.05, 3.63) is 85.6 Å². The Balaban J connectivity index is 1.70. The van der Waals surface area contributed by atoms with Crippen molar-refractivity contribution < 1.29 is 23.7 Å². The lowest BCUT2D eigenvalue weighted by molar-refractivity contribution is -0.385. The number of imide groups is 2. The van der Waals surface area contributed by atoms with Crippen LogP contribution in [0.3, 0.4) is 0 Å². The maximum Gasteiger partial charge on any atom is 0.336 e. The van der Waals surface area contributed by atoms with Crippen molar-refractivity contribution in [2.24, 2.45) is 0 Å². The average molecular weight is 486 g/mol. The molecule has 9 nitrogen and oxygen atoms in total. The first-order valence-corrected chi connectivity index (χ1v) is 10.1. The number of hydrogen-bond donors (Lipinski definition) is 1. The summed E-state index contributed by atoms with van der Waals surface area (Å²) >= 11 is 12.1. The van der Waals surface area contributed by atoms with E-state index in [1.807, 2.05) is 0 Å². The first kappa shape index (κ1) is 22.3. The van der Waals surface area contributed by atoms with E-state index in [-0.39, 0.29) is 32.8 Å². The second-order valence-electron chi connectivity index (χ2n) is 6.99. The number of hydrogen-bond acceptors (Lipinski definition) is 6. The summed E-state index contributed by atoms with van der Waals surface area (Å²) in [6, 6.07) is 11.1. The summed E-state index contributed by atoms with van der Waals surface area (Å²) in [6.07, 6.45) is 1.17. The van der Waals surface area contributed by atoms with Crippen molar-refractivity contribution in [2.75, 3.05) is 4.90 Å². The smallest absolute Gasteiger partial charge is 0.336 e. The van der Waals surface area contributed by atoms with Crippen molar-refractivity contribution in [1.29, 1.82) is 0 Å². The van der Waals surface area contributed by atoms with Gasteiger partial charge >= 0.3 is 6.03 Å². The average Bonchev–Trinajstić information content (AvgIpc) is 3.23. The third-order valence-corrected chi connectivity index (χ3v) is 5.69. The van der Waals surface area contributed by atoms with Crippen LogP contribution >= 0.6 is 23.2 Å². The first-order valence-electron chi connectivity index (χ1n) is 9.38. The fourth-order valence-corrected chi connectivity index (χ4v) is 3.61. The molecule has 1 aliphatic rings. The molecule has 2 aromatic carbocycles. The Hall–Kier alpha value is -3.95. The van der Waals surface area contributed by atoms with E-state index in [1.165, 1.54) is 36.4 Å². The van der Waals surface area contributed by atoms with Crippen LogP contribution < -0.4 is 10.2 Å². The number of benzene rings is 2. The van der Waals surface area contributed by atoms with Gasteiger partial charge in [0.15, 0.2) is 0 Å². The van der Waals surface area contributed by atoms with Gasteiger partial charge in [-0.2, -0.15) is 0 Å². The van der Waals surface area contributed by atoms with Gasteiger partial charge in [0.1, 0.15) is 17.1 Å². The zero-order chi connectivity index (χ0) is 23.9. The Morgan fingerprint density at radius 2 is 1.85 bits per heavy atom. The Kier molecular flexibility index (Phi) is 5.75. The number of carbonyl (C=O) groups is 3. The van der Waals surface area contributed by atoms with Crippen LogP contribution in [0, 0.1) is 17.0 Å². The van der Waals surface area contributed by atoms with Gasteiger partial charge in [-0.3, -0.25) is 25.0 Å². The molecule has 0 radical (unpaired) electrons. The summed E-state index contributed by atoms with van der Waals surface area (Å²) in [6.45, 7) is 1.62. The van der Waals surface area contributed by atoms with Crippen LogP contribution in [0.4, 0.5) is 16.2 Å². The number of nitrogens with zero attached hydrogens (tertiary/aromatic N) is 2. The molecule has 3 aromatic rings. The second-order valence-corrected chi connectivity index (χ2v) is 7.78. The van der Waals surface area contributed by atoms with Crippen molar-refractivity contribution in [2.45, 2.75) is 6.92 Å². The summed E-state index contributed by atoms with van der Waals surface area (Å²) in [7, 11) is 0. The zero-order valence-corrected chi connectivity index (χ0v) is 18.3. The highest BCUT2D eigenvalue weighted by Gasteiger charge is 2.38. The molecule has 4 amide bonds. The van der Waals surface area contributed by atoms with Crippen LogP contribution in [-0.4, -0.2) is 22.8 Å². The first-order chi connectivity index (χ1) is 15.7. The topological polar surface area (TPSA) is 123 Å². The van der Waals surface area contributed by atoms with E-state index >= 15 is 0 Å². The molecule has 1 aliphatic heterocycles. The molecule has 1 N–H and O–H groups in total. The van der Waals surface area contributed by atoms with Gasteiger partial charge in [0.05, 0.1) is 20.7 Å². The van der Waals surface area contributed by atoms with E-state index < -0.39 is 22.8 Å². The van der Waals surface area contributed by atoms with Crippen LogP contribution in [0.15, 0.2) is 58.5 Å². The fourth-order valence-electron chi connectivity index (χ4n) is 3.23. The molecule has 0 spiro atoms. The van der Waals surface area contributed by atoms with E-state index in [9.17, 15) is 24.5 Å². The summed E-state index contributed by atoms with van der Waals surface area (Å²) in [5.41, 5.74) is 0.502. The molecular formula is C22H13Cl2N3O6. The number of halogens is 2. The van der Waals surface area contributed by atoms with E-state index in [2.05, 4.69) is 5.32 Å². The van der Waals surface area contributed by atoms with E-state index in [0.29, 0.717) is 21.8 Å². The van der Waals surface area contributed by atoms with Crippen LogP contribution in [0.2, 0.25) is 10.0 Å². The number of nitro benzene ring substituents is 1. The third kappa shape index (κ3) is 4.11. The SMILES string of the molecule is Cc1ccc(-c2ccc(/C=C3\C(=O)NC(=O)N(c4cccc(Cl)c4Cl)C3=O)o2)cc1[N+](=O)[O-]. The summed E-state index contributed by atoms with van der Waals surface area (Å²) in [5, 5.41) is 13.4. The molecule has 166 valence electrons. The van der Waals surface area contributed by atoms with Crippen LogP contribution in [0.5, 0.6) is 0 Å².